The third-order valence-corrected chi connectivity index (χ3v) is 3.01. The van der Waals surface area contributed by atoms with E-state index in [-0.39, 0.29) is 22.8 Å². The van der Waals surface area contributed by atoms with Crippen LogP contribution < -0.4 is 4.90 Å². The molecule has 2 rings (SSSR count). The molecule has 0 unspecified atom stereocenters. The van der Waals surface area contributed by atoms with Gasteiger partial charge in [0.05, 0.1) is 17.8 Å². The van der Waals surface area contributed by atoms with Crippen LogP contribution in [0.15, 0.2) is 22.7 Å². The molecule has 7 heteroatoms. The fraction of sp³-hybridized carbons (Fsp3) is 0.0909. The first-order chi connectivity index (χ1) is 8.45. The molecule has 0 saturated carbocycles. The average molecular weight is 292 g/mol. The highest BCUT2D eigenvalue weighted by atomic mass is 35.5. The number of amides is 1. The number of rotatable bonds is 2. The predicted octanol–water partition coefficient (Wildman–Crippen LogP) is 2.81. The van der Waals surface area contributed by atoms with E-state index in [1.165, 1.54) is 0 Å². The number of anilines is 1. The summed E-state index contributed by atoms with van der Waals surface area (Å²) in [5.74, 6) is -3.86. The minimum Gasteiger partial charge on any atom is -0.297 e. The van der Waals surface area contributed by atoms with Crippen molar-refractivity contribution in [2.75, 3.05) is 11.4 Å². The predicted molar refractivity (Wildman–Crippen MR) is 62.8 cm³/mol. The van der Waals surface area contributed by atoms with Crippen LogP contribution in [0.5, 0.6) is 0 Å². The first-order valence-electron chi connectivity index (χ1n) is 4.75. The van der Waals surface area contributed by atoms with Crippen molar-refractivity contribution in [3.8, 4) is 0 Å². The topological polar surface area (TPSA) is 37.4 Å². The molecule has 3 nitrogen and oxygen atoms in total. The van der Waals surface area contributed by atoms with E-state index in [0.29, 0.717) is 6.07 Å². The SMILES string of the molecule is O=C1C(=O)N(CC(Cl)=CCl)c2c(F)cc(F)cc21. The number of fused-ring (bicyclic) bond motifs is 1. The quantitative estimate of drug-likeness (QED) is 0.786. The smallest absolute Gasteiger partial charge is 0.297 e. The molecule has 1 aromatic rings. The number of benzene rings is 1. The van der Waals surface area contributed by atoms with E-state index in [1.807, 2.05) is 0 Å². The van der Waals surface area contributed by atoms with Gasteiger partial charge >= 0.3 is 0 Å². The van der Waals surface area contributed by atoms with Crippen LogP contribution in [0.25, 0.3) is 0 Å². The number of Topliss-reactive ketones (excluding diaryl/α,β-unsaturated/α-hetero) is 1. The largest absolute Gasteiger partial charge is 0.299 e. The Bertz CT molecular complexity index is 587. The normalized spacial score (nSPS) is 15.3. The molecule has 0 spiro atoms. The van der Waals surface area contributed by atoms with Crippen molar-refractivity contribution in [3.05, 3.63) is 39.9 Å². The molecule has 0 N–H and O–H groups in total. The molecule has 0 fully saturated rings. The summed E-state index contributed by atoms with van der Waals surface area (Å²) >= 11 is 11.0. The second-order valence-corrected chi connectivity index (χ2v) is 4.26. The first kappa shape index (κ1) is 13.0. The molecule has 18 heavy (non-hydrogen) atoms. The van der Waals surface area contributed by atoms with Crippen LogP contribution in [-0.2, 0) is 4.79 Å². The Kier molecular flexibility index (Phi) is 3.36. The summed E-state index contributed by atoms with van der Waals surface area (Å²) in [6.07, 6.45) is 0. The lowest BCUT2D eigenvalue weighted by atomic mass is 10.1. The van der Waals surface area contributed by atoms with Gasteiger partial charge < -0.3 is 0 Å². The zero-order chi connectivity index (χ0) is 13.4. The van der Waals surface area contributed by atoms with Gasteiger partial charge in [-0.2, -0.15) is 0 Å². The average Bonchev–Trinajstić information content (AvgIpc) is 2.54. The van der Waals surface area contributed by atoms with E-state index < -0.39 is 23.3 Å². The standard InChI is InChI=1S/C11H5Cl2F2NO2/c12-3-5(13)4-16-9-7(10(17)11(16)18)1-6(14)2-8(9)15/h1-3H,4H2. The number of nitrogens with zero attached hydrogens (tertiary/aromatic N) is 1. The number of hydrogen-bond acceptors (Lipinski definition) is 2. The van der Waals surface area contributed by atoms with Gasteiger partial charge in [0.2, 0.25) is 0 Å². The molecule has 0 aromatic heterocycles. The summed E-state index contributed by atoms with van der Waals surface area (Å²) in [6, 6.07) is 1.41. The second-order valence-electron chi connectivity index (χ2n) is 3.56. The number of ketones is 1. The van der Waals surface area contributed by atoms with E-state index in [4.69, 9.17) is 23.2 Å². The molecular formula is C11H5Cl2F2NO2. The van der Waals surface area contributed by atoms with Crippen LogP contribution in [0.4, 0.5) is 14.5 Å². The Morgan fingerprint density at radius 3 is 2.61 bits per heavy atom. The molecule has 1 aliphatic rings. The number of carbonyl (C=O) groups is 2. The van der Waals surface area contributed by atoms with Crippen LogP contribution in [0.3, 0.4) is 0 Å². The Hall–Kier alpha value is -1.46. The molecule has 0 radical (unpaired) electrons. The van der Waals surface area contributed by atoms with Crippen LogP contribution in [0, 0.1) is 11.6 Å². The molecule has 1 heterocycles. The highest BCUT2D eigenvalue weighted by molar-refractivity contribution is 6.52. The molecule has 0 saturated heterocycles. The van der Waals surface area contributed by atoms with Crippen molar-refractivity contribution in [2.45, 2.75) is 0 Å². The van der Waals surface area contributed by atoms with Crippen LogP contribution in [-0.4, -0.2) is 18.2 Å². The fourth-order valence-electron chi connectivity index (χ4n) is 1.69. The first-order valence-corrected chi connectivity index (χ1v) is 5.57. The zero-order valence-corrected chi connectivity index (χ0v) is 10.2. The summed E-state index contributed by atoms with van der Waals surface area (Å²) in [4.78, 5) is 24.0. The molecule has 0 bridgehead atoms. The maximum absolute atomic E-state index is 13.6. The minimum absolute atomic E-state index is 0.0504. The van der Waals surface area contributed by atoms with Crippen molar-refractivity contribution in [1.82, 2.24) is 0 Å². The van der Waals surface area contributed by atoms with Crippen molar-refractivity contribution in [1.29, 1.82) is 0 Å². The van der Waals surface area contributed by atoms with Crippen molar-refractivity contribution in [2.24, 2.45) is 0 Å². The third-order valence-electron chi connectivity index (χ3n) is 2.41. The van der Waals surface area contributed by atoms with Gasteiger partial charge in [-0.25, -0.2) is 8.78 Å². The van der Waals surface area contributed by atoms with Crippen LogP contribution >= 0.6 is 23.2 Å². The van der Waals surface area contributed by atoms with Gasteiger partial charge in [-0.1, -0.05) is 23.2 Å². The number of carbonyl (C=O) groups excluding carboxylic acids is 2. The minimum atomic E-state index is -0.997. The summed E-state index contributed by atoms with van der Waals surface area (Å²) in [5.41, 5.74) is 0.415. The number of hydrogen-bond donors (Lipinski definition) is 0. The van der Waals surface area contributed by atoms with Gasteiger partial charge in [-0.3, -0.25) is 14.5 Å². The highest BCUT2D eigenvalue weighted by Gasteiger charge is 2.38. The zero-order valence-electron chi connectivity index (χ0n) is 8.71. The Balaban J connectivity index is 2.55. The monoisotopic (exact) mass is 291 g/mol. The van der Waals surface area contributed by atoms with Gasteiger partial charge in [0.1, 0.15) is 5.82 Å². The highest BCUT2D eigenvalue weighted by Crippen LogP contribution is 2.33. The van der Waals surface area contributed by atoms with Gasteiger partial charge in [-0.05, 0) is 6.07 Å². The van der Waals surface area contributed by atoms with E-state index in [0.717, 1.165) is 16.5 Å². The fourth-order valence-corrected chi connectivity index (χ4v) is 1.88. The van der Waals surface area contributed by atoms with Gasteiger partial charge in [0.15, 0.2) is 5.82 Å². The maximum Gasteiger partial charge on any atom is 0.299 e. The van der Waals surface area contributed by atoms with E-state index in [9.17, 15) is 18.4 Å². The Morgan fingerprint density at radius 2 is 2.00 bits per heavy atom. The molecule has 0 aliphatic carbocycles. The molecular weight excluding hydrogens is 287 g/mol. The maximum atomic E-state index is 13.6. The third kappa shape index (κ3) is 2.00. The summed E-state index contributed by atoms with van der Waals surface area (Å²) in [5, 5.41) is 0.0504. The summed E-state index contributed by atoms with van der Waals surface area (Å²) in [7, 11) is 0. The molecule has 0 atom stereocenters. The Labute approximate surface area is 111 Å². The van der Waals surface area contributed by atoms with Crippen LogP contribution in [0.1, 0.15) is 10.4 Å². The van der Waals surface area contributed by atoms with Gasteiger partial charge in [0.25, 0.3) is 11.7 Å². The Morgan fingerprint density at radius 1 is 1.33 bits per heavy atom. The molecule has 1 amide bonds. The lowest BCUT2D eigenvalue weighted by Gasteiger charge is -2.16. The lowest BCUT2D eigenvalue weighted by molar-refractivity contribution is -0.114. The van der Waals surface area contributed by atoms with E-state index >= 15 is 0 Å². The van der Waals surface area contributed by atoms with Crippen molar-refractivity contribution in [3.63, 3.8) is 0 Å². The second kappa shape index (κ2) is 4.66. The summed E-state index contributed by atoms with van der Waals surface area (Å²) in [6.45, 7) is -0.245. The summed E-state index contributed by atoms with van der Waals surface area (Å²) < 4.78 is 26.6. The molecule has 1 aromatic carbocycles. The van der Waals surface area contributed by atoms with Crippen molar-refractivity contribution >= 4 is 40.6 Å². The van der Waals surface area contributed by atoms with E-state index in [2.05, 4.69) is 0 Å². The molecule has 1 aliphatic heterocycles. The van der Waals surface area contributed by atoms with Crippen molar-refractivity contribution < 1.29 is 18.4 Å². The number of halogens is 4. The van der Waals surface area contributed by atoms with Gasteiger partial charge in [0, 0.05) is 16.6 Å². The lowest BCUT2D eigenvalue weighted by Crippen LogP contribution is -2.31. The van der Waals surface area contributed by atoms with Crippen LogP contribution in [0.2, 0.25) is 0 Å². The van der Waals surface area contributed by atoms with Gasteiger partial charge in [-0.15, -0.1) is 0 Å². The van der Waals surface area contributed by atoms with E-state index in [1.54, 1.807) is 0 Å². The molecule has 94 valence electrons.